The summed E-state index contributed by atoms with van der Waals surface area (Å²) >= 11 is 0. The number of rotatable bonds is 7. The van der Waals surface area contributed by atoms with Gasteiger partial charge in [-0.05, 0) is 47.9 Å². The SMILES string of the molecule is C=C(c1ccc(OCC)c(N)c1)c1cc(OC)c(OC)c(OC)c1. The van der Waals surface area contributed by atoms with Crippen LogP contribution in [0.4, 0.5) is 5.69 Å². The van der Waals surface area contributed by atoms with Crippen LogP contribution in [0.15, 0.2) is 36.9 Å². The molecule has 0 unspecified atom stereocenters. The second kappa shape index (κ2) is 7.64. The average molecular weight is 329 g/mol. The largest absolute Gasteiger partial charge is 0.493 e. The van der Waals surface area contributed by atoms with Crippen LogP contribution >= 0.6 is 0 Å². The molecule has 24 heavy (non-hydrogen) atoms. The van der Waals surface area contributed by atoms with Gasteiger partial charge >= 0.3 is 0 Å². The van der Waals surface area contributed by atoms with Crippen molar-refractivity contribution in [1.82, 2.24) is 0 Å². The van der Waals surface area contributed by atoms with Crippen LogP contribution in [0, 0.1) is 0 Å². The molecule has 0 saturated heterocycles. The fraction of sp³-hybridized carbons (Fsp3) is 0.263. The predicted octanol–water partition coefficient (Wildman–Crippen LogP) is 3.75. The van der Waals surface area contributed by atoms with Crippen LogP contribution in [0.5, 0.6) is 23.0 Å². The third-order valence-corrected chi connectivity index (χ3v) is 3.67. The van der Waals surface area contributed by atoms with Crippen LogP contribution in [0.1, 0.15) is 18.1 Å². The highest BCUT2D eigenvalue weighted by molar-refractivity contribution is 5.82. The number of benzene rings is 2. The van der Waals surface area contributed by atoms with Crippen LogP contribution in [-0.4, -0.2) is 27.9 Å². The Labute approximate surface area is 142 Å². The first-order valence-corrected chi connectivity index (χ1v) is 7.57. The minimum Gasteiger partial charge on any atom is -0.493 e. The molecule has 0 heterocycles. The highest BCUT2D eigenvalue weighted by Crippen LogP contribution is 2.41. The third kappa shape index (κ3) is 3.40. The first-order chi connectivity index (χ1) is 11.5. The van der Waals surface area contributed by atoms with E-state index < -0.39 is 0 Å². The zero-order chi connectivity index (χ0) is 17.7. The standard InChI is InChI=1S/C19H23NO4/c1-6-24-16-8-7-13(9-15(16)20)12(2)14-10-17(21-3)19(23-5)18(11-14)22-4/h7-11H,2,6,20H2,1,3-5H3. The van der Waals surface area contributed by atoms with E-state index in [0.717, 1.165) is 16.7 Å². The second-order valence-electron chi connectivity index (χ2n) is 5.08. The van der Waals surface area contributed by atoms with E-state index in [-0.39, 0.29) is 0 Å². The van der Waals surface area contributed by atoms with Gasteiger partial charge in [0, 0.05) is 0 Å². The summed E-state index contributed by atoms with van der Waals surface area (Å²) in [6.45, 7) is 6.66. The van der Waals surface area contributed by atoms with Crippen molar-refractivity contribution >= 4 is 11.3 Å². The maximum absolute atomic E-state index is 6.05. The number of methoxy groups -OCH3 is 3. The maximum Gasteiger partial charge on any atom is 0.203 e. The quantitative estimate of drug-likeness (QED) is 0.784. The van der Waals surface area contributed by atoms with Crippen molar-refractivity contribution in [2.75, 3.05) is 33.7 Å². The van der Waals surface area contributed by atoms with Crippen LogP contribution in [0.2, 0.25) is 0 Å². The zero-order valence-corrected chi connectivity index (χ0v) is 14.5. The summed E-state index contributed by atoms with van der Waals surface area (Å²) < 4.78 is 21.6. The molecule has 2 aromatic rings. The van der Waals surface area contributed by atoms with E-state index in [2.05, 4.69) is 6.58 Å². The Bertz CT molecular complexity index is 715. The zero-order valence-electron chi connectivity index (χ0n) is 14.5. The summed E-state index contributed by atoms with van der Waals surface area (Å²) in [7, 11) is 4.74. The molecule has 2 N–H and O–H groups in total. The molecule has 2 aromatic carbocycles. The number of hydrogen-bond acceptors (Lipinski definition) is 5. The molecule has 128 valence electrons. The fourth-order valence-corrected chi connectivity index (χ4v) is 2.45. The van der Waals surface area contributed by atoms with Crippen molar-refractivity contribution in [2.24, 2.45) is 0 Å². The number of ether oxygens (including phenoxy) is 4. The molecular formula is C19H23NO4. The van der Waals surface area contributed by atoms with E-state index in [0.29, 0.717) is 35.3 Å². The summed E-state index contributed by atoms with van der Waals surface area (Å²) in [5.74, 6) is 2.36. The van der Waals surface area contributed by atoms with Gasteiger partial charge in [-0.25, -0.2) is 0 Å². The Morgan fingerprint density at radius 1 is 0.917 bits per heavy atom. The van der Waals surface area contributed by atoms with Gasteiger partial charge in [-0.3, -0.25) is 0 Å². The normalized spacial score (nSPS) is 10.2. The van der Waals surface area contributed by atoms with Crippen molar-refractivity contribution in [2.45, 2.75) is 6.92 Å². The van der Waals surface area contributed by atoms with Gasteiger partial charge in [0.2, 0.25) is 5.75 Å². The molecule has 0 atom stereocenters. The number of hydrogen-bond donors (Lipinski definition) is 1. The number of nitrogens with two attached hydrogens (primary N) is 1. The van der Waals surface area contributed by atoms with Gasteiger partial charge in [0.25, 0.3) is 0 Å². The Morgan fingerprint density at radius 3 is 2.00 bits per heavy atom. The summed E-state index contributed by atoms with van der Waals surface area (Å²) in [4.78, 5) is 0. The van der Waals surface area contributed by atoms with Gasteiger partial charge in [0.15, 0.2) is 11.5 Å². The number of nitrogen functional groups attached to an aromatic ring is 1. The molecule has 0 fully saturated rings. The molecule has 0 radical (unpaired) electrons. The molecule has 0 aliphatic rings. The van der Waals surface area contributed by atoms with Gasteiger partial charge in [-0.2, -0.15) is 0 Å². The molecule has 5 heteroatoms. The van der Waals surface area contributed by atoms with Crippen LogP contribution in [-0.2, 0) is 0 Å². The summed E-state index contributed by atoms with van der Waals surface area (Å²) in [5.41, 5.74) is 9.16. The molecule has 0 aliphatic heterocycles. The van der Waals surface area contributed by atoms with Gasteiger partial charge in [-0.1, -0.05) is 12.6 Å². The van der Waals surface area contributed by atoms with E-state index in [4.69, 9.17) is 24.7 Å². The lowest BCUT2D eigenvalue weighted by Gasteiger charge is -2.16. The van der Waals surface area contributed by atoms with Crippen LogP contribution < -0.4 is 24.7 Å². The molecule has 0 aliphatic carbocycles. The average Bonchev–Trinajstić information content (AvgIpc) is 2.61. The lowest BCUT2D eigenvalue weighted by molar-refractivity contribution is 0.324. The minimum absolute atomic E-state index is 0.544. The monoisotopic (exact) mass is 329 g/mol. The van der Waals surface area contributed by atoms with E-state index in [1.165, 1.54) is 0 Å². The summed E-state index contributed by atoms with van der Waals surface area (Å²) in [6, 6.07) is 9.33. The Hall–Kier alpha value is -2.82. The van der Waals surface area contributed by atoms with E-state index in [9.17, 15) is 0 Å². The van der Waals surface area contributed by atoms with Gasteiger partial charge in [0.1, 0.15) is 5.75 Å². The molecule has 0 amide bonds. The van der Waals surface area contributed by atoms with Crippen LogP contribution in [0.3, 0.4) is 0 Å². The molecule has 5 nitrogen and oxygen atoms in total. The molecular weight excluding hydrogens is 306 g/mol. The van der Waals surface area contributed by atoms with Crippen molar-refractivity contribution in [1.29, 1.82) is 0 Å². The van der Waals surface area contributed by atoms with E-state index >= 15 is 0 Å². The molecule has 0 spiro atoms. The lowest BCUT2D eigenvalue weighted by atomic mass is 9.98. The Morgan fingerprint density at radius 2 is 1.54 bits per heavy atom. The molecule has 0 bridgehead atoms. The minimum atomic E-state index is 0.544. The topological polar surface area (TPSA) is 62.9 Å². The highest BCUT2D eigenvalue weighted by atomic mass is 16.5. The fourth-order valence-electron chi connectivity index (χ4n) is 2.45. The first kappa shape index (κ1) is 17.5. The van der Waals surface area contributed by atoms with Crippen LogP contribution in [0.25, 0.3) is 5.57 Å². The summed E-state index contributed by atoms with van der Waals surface area (Å²) in [5, 5.41) is 0. The molecule has 2 rings (SSSR count). The third-order valence-electron chi connectivity index (χ3n) is 3.67. The Balaban J connectivity index is 2.44. The summed E-state index contributed by atoms with van der Waals surface area (Å²) in [6.07, 6.45) is 0. The maximum atomic E-state index is 6.05. The van der Waals surface area contributed by atoms with Gasteiger partial charge in [-0.15, -0.1) is 0 Å². The van der Waals surface area contributed by atoms with E-state index in [1.54, 1.807) is 21.3 Å². The smallest absolute Gasteiger partial charge is 0.203 e. The predicted molar refractivity (Wildman–Crippen MR) is 96.3 cm³/mol. The van der Waals surface area contributed by atoms with Crippen molar-refractivity contribution < 1.29 is 18.9 Å². The molecule has 0 saturated carbocycles. The van der Waals surface area contributed by atoms with E-state index in [1.807, 2.05) is 37.3 Å². The lowest BCUT2D eigenvalue weighted by Crippen LogP contribution is -1.99. The Kier molecular flexibility index (Phi) is 5.58. The van der Waals surface area contributed by atoms with Crippen molar-refractivity contribution in [3.8, 4) is 23.0 Å². The molecule has 0 aromatic heterocycles. The number of anilines is 1. The second-order valence-corrected chi connectivity index (χ2v) is 5.08. The van der Waals surface area contributed by atoms with Crippen molar-refractivity contribution in [3.63, 3.8) is 0 Å². The van der Waals surface area contributed by atoms with Gasteiger partial charge in [0.05, 0.1) is 33.6 Å². The first-order valence-electron chi connectivity index (χ1n) is 7.57. The highest BCUT2D eigenvalue weighted by Gasteiger charge is 2.15. The van der Waals surface area contributed by atoms with Gasteiger partial charge < -0.3 is 24.7 Å². The van der Waals surface area contributed by atoms with Crippen molar-refractivity contribution in [3.05, 3.63) is 48.0 Å².